The topological polar surface area (TPSA) is 71.4 Å². The SMILES string of the molecule is Cc1cc(C=C2C(=O)NC(=O)N(Cc3ccccc3Cl)C2=O)c(C)n1C1CC1. The van der Waals surface area contributed by atoms with Crippen LogP contribution in [0, 0.1) is 13.8 Å². The number of imide groups is 2. The number of carbonyl (C=O) groups is 3. The van der Waals surface area contributed by atoms with Gasteiger partial charge in [0.2, 0.25) is 0 Å². The highest BCUT2D eigenvalue weighted by atomic mass is 35.5. The highest BCUT2D eigenvalue weighted by Gasteiger charge is 2.36. The van der Waals surface area contributed by atoms with Crippen molar-refractivity contribution in [3.8, 4) is 0 Å². The van der Waals surface area contributed by atoms with Crippen LogP contribution in [0.3, 0.4) is 0 Å². The van der Waals surface area contributed by atoms with Crippen molar-refractivity contribution in [2.24, 2.45) is 0 Å². The lowest BCUT2D eigenvalue weighted by Gasteiger charge is -2.26. The Morgan fingerprint density at radius 3 is 2.57 bits per heavy atom. The van der Waals surface area contributed by atoms with Crippen molar-refractivity contribution in [3.05, 3.63) is 63.4 Å². The van der Waals surface area contributed by atoms with Crippen molar-refractivity contribution >= 4 is 35.5 Å². The van der Waals surface area contributed by atoms with E-state index < -0.39 is 17.8 Å². The van der Waals surface area contributed by atoms with Crippen LogP contribution < -0.4 is 5.32 Å². The van der Waals surface area contributed by atoms with Crippen LogP contribution in [0.4, 0.5) is 4.79 Å². The highest BCUT2D eigenvalue weighted by Crippen LogP contribution is 2.38. The average Bonchev–Trinajstić information content (AvgIpc) is 3.43. The number of nitrogens with zero attached hydrogens (tertiary/aromatic N) is 2. The van der Waals surface area contributed by atoms with Crippen molar-refractivity contribution in [1.82, 2.24) is 14.8 Å². The quantitative estimate of drug-likeness (QED) is 0.630. The van der Waals surface area contributed by atoms with Crippen LogP contribution in [-0.4, -0.2) is 27.3 Å². The number of aromatic nitrogens is 1. The number of halogens is 1. The van der Waals surface area contributed by atoms with Crippen LogP contribution in [0.5, 0.6) is 0 Å². The summed E-state index contributed by atoms with van der Waals surface area (Å²) < 4.78 is 2.24. The molecule has 1 aromatic heterocycles. The second-order valence-electron chi connectivity index (χ2n) is 7.23. The first-order valence-corrected chi connectivity index (χ1v) is 9.55. The number of barbiturate groups is 1. The molecule has 28 heavy (non-hydrogen) atoms. The molecular weight excluding hydrogens is 378 g/mol. The zero-order chi connectivity index (χ0) is 20.0. The summed E-state index contributed by atoms with van der Waals surface area (Å²) in [5.74, 6) is -1.30. The Labute approximate surface area is 167 Å². The van der Waals surface area contributed by atoms with Gasteiger partial charge in [0.25, 0.3) is 11.8 Å². The maximum absolute atomic E-state index is 12.9. The monoisotopic (exact) mass is 397 g/mol. The minimum Gasteiger partial charge on any atom is -0.346 e. The van der Waals surface area contributed by atoms with Crippen molar-refractivity contribution < 1.29 is 14.4 Å². The van der Waals surface area contributed by atoms with E-state index in [1.165, 1.54) is 0 Å². The Bertz CT molecular complexity index is 1030. The molecule has 4 rings (SSSR count). The van der Waals surface area contributed by atoms with Gasteiger partial charge in [0, 0.05) is 22.5 Å². The van der Waals surface area contributed by atoms with E-state index in [4.69, 9.17) is 11.6 Å². The smallest absolute Gasteiger partial charge is 0.331 e. The summed E-state index contributed by atoms with van der Waals surface area (Å²) >= 11 is 6.16. The number of urea groups is 1. The summed E-state index contributed by atoms with van der Waals surface area (Å²) in [6.45, 7) is 4.00. The van der Waals surface area contributed by atoms with E-state index in [1.54, 1.807) is 30.3 Å². The van der Waals surface area contributed by atoms with Gasteiger partial charge in [0.1, 0.15) is 5.57 Å². The minimum atomic E-state index is -0.740. The fraction of sp³-hybridized carbons (Fsp3) is 0.286. The number of hydrogen-bond acceptors (Lipinski definition) is 3. The molecule has 0 unspecified atom stereocenters. The molecular formula is C21H20ClN3O3. The van der Waals surface area contributed by atoms with Crippen LogP contribution in [0.15, 0.2) is 35.9 Å². The molecule has 0 radical (unpaired) electrons. The zero-order valence-electron chi connectivity index (χ0n) is 15.7. The predicted molar refractivity (Wildman–Crippen MR) is 106 cm³/mol. The molecule has 0 bridgehead atoms. The van der Waals surface area contributed by atoms with E-state index in [1.807, 2.05) is 19.9 Å². The van der Waals surface area contributed by atoms with Gasteiger partial charge in [0.15, 0.2) is 0 Å². The van der Waals surface area contributed by atoms with Gasteiger partial charge in [-0.25, -0.2) is 4.79 Å². The molecule has 1 saturated heterocycles. The summed E-state index contributed by atoms with van der Waals surface area (Å²) in [5, 5.41) is 2.71. The first kappa shape index (κ1) is 18.5. The summed E-state index contributed by atoms with van der Waals surface area (Å²) in [5.41, 5.74) is 3.51. The van der Waals surface area contributed by atoms with Gasteiger partial charge in [0.05, 0.1) is 6.54 Å². The summed E-state index contributed by atoms with van der Waals surface area (Å²) in [7, 11) is 0. The molecule has 0 spiro atoms. The molecule has 1 aliphatic carbocycles. The van der Waals surface area contributed by atoms with Crippen molar-refractivity contribution in [1.29, 1.82) is 0 Å². The first-order chi connectivity index (χ1) is 13.4. The van der Waals surface area contributed by atoms with Gasteiger partial charge in [-0.15, -0.1) is 0 Å². The van der Waals surface area contributed by atoms with E-state index in [0.717, 1.165) is 34.7 Å². The van der Waals surface area contributed by atoms with Crippen molar-refractivity contribution in [3.63, 3.8) is 0 Å². The summed E-state index contributed by atoms with van der Waals surface area (Å²) in [6.07, 6.45) is 3.86. The second-order valence-corrected chi connectivity index (χ2v) is 7.63. The van der Waals surface area contributed by atoms with E-state index in [-0.39, 0.29) is 12.1 Å². The van der Waals surface area contributed by atoms with Gasteiger partial charge in [-0.1, -0.05) is 29.8 Å². The Morgan fingerprint density at radius 1 is 1.18 bits per heavy atom. The van der Waals surface area contributed by atoms with E-state index in [9.17, 15) is 14.4 Å². The normalized spacial score (nSPS) is 18.8. The number of hydrogen-bond donors (Lipinski definition) is 1. The van der Waals surface area contributed by atoms with Gasteiger partial charge >= 0.3 is 6.03 Å². The maximum Gasteiger partial charge on any atom is 0.331 e. The van der Waals surface area contributed by atoms with Crippen molar-refractivity contribution in [2.45, 2.75) is 39.3 Å². The van der Waals surface area contributed by atoms with Crippen LogP contribution >= 0.6 is 11.6 Å². The molecule has 2 fully saturated rings. The van der Waals surface area contributed by atoms with E-state index >= 15 is 0 Å². The number of rotatable bonds is 4. The lowest BCUT2D eigenvalue weighted by atomic mass is 10.1. The zero-order valence-corrected chi connectivity index (χ0v) is 16.4. The molecule has 2 heterocycles. The molecule has 2 aromatic rings. The number of benzene rings is 1. The Balaban J connectivity index is 1.67. The molecule has 6 nitrogen and oxygen atoms in total. The Morgan fingerprint density at radius 2 is 1.89 bits per heavy atom. The molecule has 1 saturated carbocycles. The van der Waals surface area contributed by atoms with Gasteiger partial charge in [-0.05, 0) is 56.0 Å². The molecule has 1 aromatic carbocycles. The standard InChI is InChI=1S/C21H20ClN3O3/c1-12-9-15(13(2)25(12)16-7-8-16)10-17-19(26)23-21(28)24(20(17)27)11-14-5-3-4-6-18(14)22/h3-6,9-10,16H,7-8,11H2,1-2H3,(H,23,26,28). The number of carbonyl (C=O) groups excluding carboxylic acids is 3. The van der Waals surface area contributed by atoms with Crippen LogP contribution in [0.25, 0.3) is 6.08 Å². The second kappa shape index (κ2) is 6.95. The number of aryl methyl sites for hydroxylation is 1. The van der Waals surface area contributed by atoms with Gasteiger partial charge < -0.3 is 4.57 Å². The minimum absolute atomic E-state index is 0.00391. The largest absolute Gasteiger partial charge is 0.346 e. The van der Waals surface area contributed by atoms with E-state index in [0.29, 0.717) is 16.6 Å². The predicted octanol–water partition coefficient (Wildman–Crippen LogP) is 3.76. The molecule has 144 valence electrons. The summed E-state index contributed by atoms with van der Waals surface area (Å²) in [4.78, 5) is 38.6. The van der Waals surface area contributed by atoms with Gasteiger partial charge in [-0.3, -0.25) is 19.8 Å². The molecule has 1 N–H and O–H groups in total. The van der Waals surface area contributed by atoms with Crippen LogP contribution in [-0.2, 0) is 16.1 Å². The molecule has 1 aliphatic heterocycles. The molecule has 7 heteroatoms. The third kappa shape index (κ3) is 3.24. The van der Waals surface area contributed by atoms with Crippen molar-refractivity contribution in [2.75, 3.05) is 0 Å². The fourth-order valence-corrected chi connectivity index (χ4v) is 3.83. The first-order valence-electron chi connectivity index (χ1n) is 9.17. The number of nitrogens with one attached hydrogen (secondary N) is 1. The molecule has 2 aliphatic rings. The van der Waals surface area contributed by atoms with Gasteiger partial charge in [-0.2, -0.15) is 0 Å². The van der Waals surface area contributed by atoms with Crippen LogP contribution in [0.2, 0.25) is 5.02 Å². The molecule has 4 amide bonds. The Hall–Kier alpha value is -2.86. The fourth-order valence-electron chi connectivity index (χ4n) is 3.63. The Kier molecular flexibility index (Phi) is 4.59. The number of amides is 4. The third-order valence-electron chi connectivity index (χ3n) is 5.21. The average molecular weight is 398 g/mol. The molecule has 0 atom stereocenters. The lowest BCUT2D eigenvalue weighted by molar-refractivity contribution is -0.130. The summed E-state index contributed by atoms with van der Waals surface area (Å²) in [6, 6.07) is 8.72. The third-order valence-corrected chi connectivity index (χ3v) is 5.58. The van der Waals surface area contributed by atoms with E-state index in [2.05, 4.69) is 9.88 Å². The van der Waals surface area contributed by atoms with Crippen LogP contribution in [0.1, 0.15) is 41.4 Å². The highest BCUT2D eigenvalue weighted by molar-refractivity contribution is 6.32. The maximum atomic E-state index is 12.9. The lowest BCUT2D eigenvalue weighted by Crippen LogP contribution is -2.53.